The standard InChI is InChI=1S/C16H12Cl2O2S/c1-2-7-20-15-11(18)8-10(17)13-14(19)9-5-3-4-6-12(9)21-16(13)15/h3-6,8H,2,7H2,1H3. The number of halogens is 2. The van der Waals surface area contributed by atoms with Crippen molar-refractivity contribution in [1.29, 1.82) is 0 Å². The first-order valence-corrected chi connectivity index (χ1v) is 8.17. The first-order chi connectivity index (χ1) is 10.1. The summed E-state index contributed by atoms with van der Waals surface area (Å²) in [5.74, 6) is 0.547. The van der Waals surface area contributed by atoms with Crippen molar-refractivity contribution in [3.63, 3.8) is 0 Å². The van der Waals surface area contributed by atoms with E-state index in [0.29, 0.717) is 37.9 Å². The molecule has 0 N–H and O–H groups in total. The van der Waals surface area contributed by atoms with Gasteiger partial charge >= 0.3 is 0 Å². The van der Waals surface area contributed by atoms with E-state index in [-0.39, 0.29) is 5.43 Å². The maximum Gasteiger partial charge on any atom is 0.197 e. The summed E-state index contributed by atoms with van der Waals surface area (Å²) in [5, 5.41) is 1.95. The van der Waals surface area contributed by atoms with Gasteiger partial charge in [-0.15, -0.1) is 11.3 Å². The van der Waals surface area contributed by atoms with Gasteiger partial charge in [-0.1, -0.05) is 42.3 Å². The van der Waals surface area contributed by atoms with Crippen LogP contribution in [0.2, 0.25) is 10.0 Å². The summed E-state index contributed by atoms with van der Waals surface area (Å²) in [6.45, 7) is 2.56. The predicted octanol–water partition coefficient (Wildman–Crippen LogP) is 5.51. The third-order valence-electron chi connectivity index (χ3n) is 3.16. The fourth-order valence-corrected chi connectivity index (χ4v) is 4.13. The Kier molecular flexibility index (Phi) is 4.07. The molecule has 0 aliphatic heterocycles. The monoisotopic (exact) mass is 338 g/mol. The van der Waals surface area contributed by atoms with E-state index in [1.165, 1.54) is 11.3 Å². The second-order valence-corrected chi connectivity index (χ2v) is 6.52. The maximum atomic E-state index is 12.7. The summed E-state index contributed by atoms with van der Waals surface area (Å²) in [6.07, 6.45) is 0.864. The van der Waals surface area contributed by atoms with E-state index in [9.17, 15) is 4.79 Å². The van der Waals surface area contributed by atoms with Crippen molar-refractivity contribution in [3.8, 4) is 5.75 Å². The molecule has 21 heavy (non-hydrogen) atoms. The number of fused-ring (bicyclic) bond motifs is 2. The van der Waals surface area contributed by atoms with Gasteiger partial charge in [-0.25, -0.2) is 0 Å². The van der Waals surface area contributed by atoms with Crippen LogP contribution in [-0.2, 0) is 0 Å². The smallest absolute Gasteiger partial charge is 0.197 e. The first kappa shape index (κ1) is 14.6. The lowest BCUT2D eigenvalue weighted by Crippen LogP contribution is -2.04. The summed E-state index contributed by atoms with van der Waals surface area (Å²) in [7, 11) is 0. The number of rotatable bonds is 3. The zero-order valence-electron chi connectivity index (χ0n) is 11.3. The van der Waals surface area contributed by atoms with Gasteiger partial charge in [-0.2, -0.15) is 0 Å². The van der Waals surface area contributed by atoms with Crippen molar-refractivity contribution in [2.45, 2.75) is 13.3 Å². The Balaban J connectivity index is 2.45. The molecule has 2 aromatic carbocycles. The van der Waals surface area contributed by atoms with Gasteiger partial charge < -0.3 is 4.74 Å². The Bertz CT molecular complexity index is 887. The van der Waals surface area contributed by atoms with Crippen LogP contribution in [0.4, 0.5) is 0 Å². The van der Waals surface area contributed by atoms with Gasteiger partial charge in [0.25, 0.3) is 0 Å². The van der Waals surface area contributed by atoms with E-state index in [4.69, 9.17) is 27.9 Å². The van der Waals surface area contributed by atoms with Gasteiger partial charge in [0.05, 0.1) is 26.7 Å². The quantitative estimate of drug-likeness (QED) is 0.588. The van der Waals surface area contributed by atoms with E-state index in [1.807, 2.05) is 31.2 Å². The van der Waals surface area contributed by atoms with Gasteiger partial charge in [0.1, 0.15) is 0 Å². The highest BCUT2D eigenvalue weighted by molar-refractivity contribution is 7.25. The molecule has 1 aromatic heterocycles. The molecule has 0 spiro atoms. The Labute approximate surface area is 135 Å². The molecule has 5 heteroatoms. The van der Waals surface area contributed by atoms with Crippen LogP contribution in [0.15, 0.2) is 35.1 Å². The number of ether oxygens (including phenoxy) is 1. The van der Waals surface area contributed by atoms with Gasteiger partial charge in [0, 0.05) is 10.1 Å². The molecule has 0 saturated heterocycles. The fourth-order valence-electron chi connectivity index (χ4n) is 2.21. The summed E-state index contributed by atoms with van der Waals surface area (Å²) >= 11 is 14.0. The molecule has 0 aliphatic rings. The molecule has 2 nitrogen and oxygen atoms in total. The van der Waals surface area contributed by atoms with Crippen LogP contribution in [0.3, 0.4) is 0 Å². The van der Waals surface area contributed by atoms with Crippen LogP contribution in [0.25, 0.3) is 20.2 Å². The second-order valence-electron chi connectivity index (χ2n) is 4.65. The highest BCUT2D eigenvalue weighted by Crippen LogP contribution is 2.41. The molecule has 0 radical (unpaired) electrons. The normalized spacial score (nSPS) is 11.2. The molecule has 108 valence electrons. The zero-order chi connectivity index (χ0) is 15.0. The molecular formula is C16H12Cl2O2S. The number of benzene rings is 2. The van der Waals surface area contributed by atoms with Crippen molar-refractivity contribution < 1.29 is 4.74 Å². The average Bonchev–Trinajstić information content (AvgIpc) is 2.47. The van der Waals surface area contributed by atoms with Crippen molar-refractivity contribution in [2.24, 2.45) is 0 Å². The minimum atomic E-state index is -0.0811. The Morgan fingerprint density at radius 2 is 1.95 bits per heavy atom. The SMILES string of the molecule is CCCOc1c(Cl)cc(Cl)c2c(=O)c3ccccc3sc12. The summed E-state index contributed by atoms with van der Waals surface area (Å²) in [4.78, 5) is 12.7. The minimum absolute atomic E-state index is 0.0811. The van der Waals surface area contributed by atoms with E-state index >= 15 is 0 Å². The van der Waals surface area contributed by atoms with Crippen molar-refractivity contribution >= 4 is 54.7 Å². The van der Waals surface area contributed by atoms with Gasteiger partial charge in [-0.05, 0) is 24.6 Å². The zero-order valence-corrected chi connectivity index (χ0v) is 13.6. The van der Waals surface area contributed by atoms with Gasteiger partial charge in [0.2, 0.25) is 0 Å². The molecule has 0 saturated carbocycles. The topological polar surface area (TPSA) is 26.3 Å². The average molecular weight is 339 g/mol. The van der Waals surface area contributed by atoms with Gasteiger partial charge in [-0.3, -0.25) is 4.79 Å². The van der Waals surface area contributed by atoms with Crippen LogP contribution in [0.1, 0.15) is 13.3 Å². The lowest BCUT2D eigenvalue weighted by Gasteiger charge is -2.11. The third-order valence-corrected chi connectivity index (χ3v) is 4.91. The maximum absolute atomic E-state index is 12.7. The molecule has 0 aliphatic carbocycles. The Morgan fingerprint density at radius 1 is 1.19 bits per heavy atom. The fraction of sp³-hybridized carbons (Fsp3) is 0.188. The lowest BCUT2D eigenvalue weighted by atomic mass is 10.2. The van der Waals surface area contributed by atoms with Crippen LogP contribution < -0.4 is 10.2 Å². The molecule has 0 fully saturated rings. The molecule has 0 amide bonds. The highest BCUT2D eigenvalue weighted by Gasteiger charge is 2.16. The van der Waals surface area contributed by atoms with Crippen LogP contribution in [0.5, 0.6) is 5.75 Å². The van der Waals surface area contributed by atoms with Crippen LogP contribution >= 0.6 is 34.5 Å². The van der Waals surface area contributed by atoms with E-state index in [0.717, 1.165) is 11.1 Å². The molecule has 3 aromatic rings. The predicted molar refractivity (Wildman–Crippen MR) is 91.4 cm³/mol. The van der Waals surface area contributed by atoms with Crippen molar-refractivity contribution in [2.75, 3.05) is 6.61 Å². The van der Waals surface area contributed by atoms with Crippen molar-refractivity contribution in [3.05, 3.63) is 50.6 Å². The minimum Gasteiger partial charge on any atom is -0.491 e. The molecular weight excluding hydrogens is 327 g/mol. The van der Waals surface area contributed by atoms with E-state index < -0.39 is 0 Å². The lowest BCUT2D eigenvalue weighted by molar-refractivity contribution is 0.322. The molecule has 0 bridgehead atoms. The van der Waals surface area contributed by atoms with Crippen molar-refractivity contribution in [1.82, 2.24) is 0 Å². The van der Waals surface area contributed by atoms with Gasteiger partial charge in [0.15, 0.2) is 11.2 Å². The van der Waals surface area contributed by atoms with Crippen LogP contribution in [0, 0.1) is 0 Å². The Hall–Kier alpha value is -1.29. The molecule has 3 rings (SSSR count). The summed E-state index contributed by atoms with van der Waals surface area (Å²) in [6, 6.07) is 9.06. The summed E-state index contributed by atoms with van der Waals surface area (Å²) < 4.78 is 7.35. The largest absolute Gasteiger partial charge is 0.491 e. The highest BCUT2D eigenvalue weighted by atomic mass is 35.5. The summed E-state index contributed by atoms with van der Waals surface area (Å²) in [5.41, 5.74) is -0.0811. The van der Waals surface area contributed by atoms with E-state index in [1.54, 1.807) is 6.07 Å². The molecule has 0 atom stereocenters. The number of hydrogen-bond acceptors (Lipinski definition) is 3. The first-order valence-electron chi connectivity index (χ1n) is 6.59. The molecule has 1 heterocycles. The third kappa shape index (κ3) is 2.50. The number of hydrogen-bond donors (Lipinski definition) is 0. The second kappa shape index (κ2) is 5.84. The van der Waals surface area contributed by atoms with Crippen LogP contribution in [-0.4, -0.2) is 6.61 Å². The Morgan fingerprint density at radius 3 is 2.71 bits per heavy atom. The van der Waals surface area contributed by atoms with E-state index in [2.05, 4.69) is 0 Å². The molecule has 0 unspecified atom stereocenters.